The van der Waals surface area contributed by atoms with Crippen molar-refractivity contribution in [1.82, 2.24) is 0 Å². The van der Waals surface area contributed by atoms with Crippen LogP contribution in [-0.2, 0) is 14.8 Å². The molecule has 1 atom stereocenters. The van der Waals surface area contributed by atoms with Gasteiger partial charge in [0.15, 0.2) is 0 Å². The standard InChI is InChI=1S/C16H14N2O5S/c17-15(19)13-9-18(24(22,23)11-4-2-1-3-5-11)14-7-6-10(16(20)21)8-12(13)14/h1-8,13H,9H2,(H2,17,19)(H,20,21). The smallest absolute Gasteiger partial charge is 0.335 e. The zero-order valence-corrected chi connectivity index (χ0v) is 13.2. The summed E-state index contributed by atoms with van der Waals surface area (Å²) in [6.45, 7) is -0.148. The van der Waals surface area contributed by atoms with Crippen molar-refractivity contribution in [2.75, 3.05) is 10.8 Å². The Labute approximate surface area is 138 Å². The topological polar surface area (TPSA) is 118 Å². The van der Waals surface area contributed by atoms with Gasteiger partial charge in [-0.3, -0.25) is 9.10 Å². The molecule has 0 spiro atoms. The highest BCUT2D eigenvalue weighted by molar-refractivity contribution is 7.92. The largest absolute Gasteiger partial charge is 0.478 e. The van der Waals surface area contributed by atoms with Crippen molar-refractivity contribution in [3.8, 4) is 0 Å². The van der Waals surface area contributed by atoms with Crippen LogP contribution in [0.15, 0.2) is 53.4 Å². The molecular weight excluding hydrogens is 332 g/mol. The van der Waals surface area contributed by atoms with E-state index in [-0.39, 0.29) is 22.7 Å². The minimum absolute atomic E-state index is 0.0287. The van der Waals surface area contributed by atoms with Crippen LogP contribution < -0.4 is 10.0 Å². The third kappa shape index (κ3) is 2.50. The number of benzene rings is 2. The molecule has 2 aromatic carbocycles. The summed E-state index contributed by atoms with van der Waals surface area (Å²) >= 11 is 0. The number of nitrogens with two attached hydrogens (primary N) is 1. The minimum Gasteiger partial charge on any atom is -0.478 e. The lowest BCUT2D eigenvalue weighted by Crippen LogP contribution is -2.33. The van der Waals surface area contributed by atoms with Crippen LogP contribution in [0.5, 0.6) is 0 Å². The lowest BCUT2D eigenvalue weighted by molar-refractivity contribution is -0.119. The molecule has 24 heavy (non-hydrogen) atoms. The molecule has 0 fully saturated rings. The molecule has 0 saturated heterocycles. The molecule has 1 aliphatic rings. The minimum atomic E-state index is -3.87. The van der Waals surface area contributed by atoms with Crippen molar-refractivity contribution in [1.29, 1.82) is 0 Å². The summed E-state index contributed by atoms with van der Waals surface area (Å²) in [5, 5.41) is 9.10. The number of carbonyl (C=O) groups is 2. The van der Waals surface area contributed by atoms with Crippen molar-refractivity contribution < 1.29 is 23.1 Å². The van der Waals surface area contributed by atoms with Crippen LogP contribution >= 0.6 is 0 Å². The summed E-state index contributed by atoms with van der Waals surface area (Å²) < 4.78 is 26.8. The van der Waals surface area contributed by atoms with Gasteiger partial charge >= 0.3 is 5.97 Å². The van der Waals surface area contributed by atoms with E-state index in [0.717, 1.165) is 4.31 Å². The molecule has 0 aromatic heterocycles. The first-order valence-electron chi connectivity index (χ1n) is 7.06. The Kier molecular flexibility index (Phi) is 3.76. The first-order chi connectivity index (χ1) is 11.3. The number of amides is 1. The average molecular weight is 346 g/mol. The van der Waals surface area contributed by atoms with Gasteiger partial charge in [0.25, 0.3) is 10.0 Å². The number of hydrogen-bond donors (Lipinski definition) is 2. The number of carboxylic acids is 1. The van der Waals surface area contributed by atoms with Gasteiger partial charge in [-0.05, 0) is 35.9 Å². The number of carboxylic acid groups (broad SMARTS) is 1. The number of fused-ring (bicyclic) bond motifs is 1. The van der Waals surface area contributed by atoms with E-state index in [2.05, 4.69) is 0 Å². The van der Waals surface area contributed by atoms with E-state index in [4.69, 9.17) is 10.8 Å². The number of carbonyl (C=O) groups excluding carboxylic acids is 1. The lowest BCUT2D eigenvalue weighted by Gasteiger charge is -2.19. The Hall–Kier alpha value is -2.87. The molecule has 1 aliphatic heterocycles. The number of hydrogen-bond acceptors (Lipinski definition) is 4. The molecule has 0 saturated carbocycles. The van der Waals surface area contributed by atoms with Gasteiger partial charge in [-0.2, -0.15) is 0 Å². The van der Waals surface area contributed by atoms with Gasteiger partial charge in [-0.25, -0.2) is 13.2 Å². The highest BCUT2D eigenvalue weighted by atomic mass is 32.2. The summed E-state index contributed by atoms with van der Waals surface area (Å²) in [5.74, 6) is -2.76. The normalized spacial score (nSPS) is 16.7. The van der Waals surface area contributed by atoms with Crippen LogP contribution in [-0.4, -0.2) is 31.9 Å². The summed E-state index contributed by atoms with van der Waals surface area (Å²) in [7, 11) is -3.87. The fourth-order valence-electron chi connectivity index (χ4n) is 2.75. The molecular formula is C16H14N2O5S. The number of primary amides is 1. The third-order valence-corrected chi connectivity index (χ3v) is 5.74. The van der Waals surface area contributed by atoms with Crippen molar-refractivity contribution in [2.45, 2.75) is 10.8 Å². The van der Waals surface area contributed by atoms with Crippen LogP contribution in [0, 0.1) is 0 Å². The molecule has 1 amide bonds. The summed E-state index contributed by atoms with van der Waals surface area (Å²) in [5.41, 5.74) is 5.92. The van der Waals surface area contributed by atoms with Crippen LogP contribution in [0.2, 0.25) is 0 Å². The Balaban J connectivity index is 2.14. The quantitative estimate of drug-likeness (QED) is 0.861. The van der Waals surface area contributed by atoms with Gasteiger partial charge in [0.2, 0.25) is 5.91 Å². The molecule has 3 rings (SSSR count). The predicted molar refractivity (Wildman–Crippen MR) is 86.3 cm³/mol. The molecule has 2 aromatic rings. The van der Waals surface area contributed by atoms with E-state index in [1.54, 1.807) is 18.2 Å². The SMILES string of the molecule is NC(=O)C1CN(S(=O)(=O)c2ccccc2)c2ccc(C(=O)O)cc21. The monoisotopic (exact) mass is 346 g/mol. The maximum atomic E-state index is 12.8. The summed E-state index contributed by atoms with van der Waals surface area (Å²) in [4.78, 5) is 22.9. The van der Waals surface area contributed by atoms with Gasteiger partial charge in [0.1, 0.15) is 0 Å². The van der Waals surface area contributed by atoms with Gasteiger partial charge in [0.05, 0.1) is 28.6 Å². The fraction of sp³-hybridized carbons (Fsp3) is 0.125. The second kappa shape index (κ2) is 5.64. The Bertz CT molecular complexity index is 925. The molecule has 7 nitrogen and oxygen atoms in total. The van der Waals surface area contributed by atoms with Crippen molar-refractivity contribution >= 4 is 27.6 Å². The maximum absolute atomic E-state index is 12.8. The molecule has 0 aliphatic carbocycles. The van der Waals surface area contributed by atoms with Crippen LogP contribution in [0.1, 0.15) is 21.8 Å². The second-order valence-corrected chi connectivity index (χ2v) is 7.25. The number of rotatable bonds is 4. The summed E-state index contributed by atoms with van der Waals surface area (Å²) in [6.07, 6.45) is 0. The number of aromatic carboxylic acids is 1. The molecule has 0 radical (unpaired) electrons. The first kappa shape index (κ1) is 16.0. The van der Waals surface area contributed by atoms with Crippen molar-refractivity contribution in [2.24, 2.45) is 5.73 Å². The van der Waals surface area contributed by atoms with E-state index in [1.165, 1.54) is 30.3 Å². The van der Waals surface area contributed by atoms with Crippen molar-refractivity contribution in [3.05, 3.63) is 59.7 Å². The second-order valence-electron chi connectivity index (χ2n) is 5.38. The Morgan fingerprint density at radius 2 is 1.79 bits per heavy atom. The van der Waals surface area contributed by atoms with Crippen LogP contribution in [0.3, 0.4) is 0 Å². The zero-order valence-electron chi connectivity index (χ0n) is 12.4. The third-order valence-electron chi connectivity index (χ3n) is 3.94. The maximum Gasteiger partial charge on any atom is 0.335 e. The number of anilines is 1. The highest BCUT2D eigenvalue weighted by Crippen LogP contribution is 2.40. The fourth-order valence-corrected chi connectivity index (χ4v) is 4.27. The molecule has 124 valence electrons. The van der Waals surface area contributed by atoms with E-state index in [9.17, 15) is 18.0 Å². The average Bonchev–Trinajstić information content (AvgIpc) is 2.95. The van der Waals surface area contributed by atoms with Gasteiger partial charge in [-0.1, -0.05) is 18.2 Å². The first-order valence-corrected chi connectivity index (χ1v) is 8.50. The molecule has 1 unspecified atom stereocenters. The molecule has 0 bridgehead atoms. The van der Waals surface area contributed by atoms with E-state index in [1.807, 2.05) is 0 Å². The number of sulfonamides is 1. The van der Waals surface area contributed by atoms with E-state index < -0.39 is 27.8 Å². The Morgan fingerprint density at radius 1 is 1.12 bits per heavy atom. The Morgan fingerprint density at radius 3 is 2.38 bits per heavy atom. The molecule has 3 N–H and O–H groups in total. The van der Waals surface area contributed by atoms with E-state index in [0.29, 0.717) is 5.56 Å². The molecule has 1 heterocycles. The zero-order chi connectivity index (χ0) is 17.5. The molecule has 8 heteroatoms. The highest BCUT2D eigenvalue weighted by Gasteiger charge is 2.39. The van der Waals surface area contributed by atoms with Gasteiger partial charge < -0.3 is 10.8 Å². The van der Waals surface area contributed by atoms with E-state index >= 15 is 0 Å². The van der Waals surface area contributed by atoms with Crippen molar-refractivity contribution in [3.63, 3.8) is 0 Å². The predicted octanol–water partition coefficient (Wildman–Crippen LogP) is 1.16. The van der Waals surface area contributed by atoms with Crippen LogP contribution in [0.4, 0.5) is 5.69 Å². The number of nitrogens with zero attached hydrogens (tertiary/aromatic N) is 1. The lowest BCUT2D eigenvalue weighted by atomic mass is 9.99. The van der Waals surface area contributed by atoms with Crippen LogP contribution in [0.25, 0.3) is 0 Å². The summed E-state index contributed by atoms with van der Waals surface area (Å²) in [6, 6.07) is 11.8. The van der Waals surface area contributed by atoms with Gasteiger partial charge in [0, 0.05) is 0 Å². The van der Waals surface area contributed by atoms with Gasteiger partial charge in [-0.15, -0.1) is 0 Å².